The summed E-state index contributed by atoms with van der Waals surface area (Å²) in [5.74, 6) is -2.78. The third kappa shape index (κ3) is 4.32. The summed E-state index contributed by atoms with van der Waals surface area (Å²) in [5.41, 5.74) is 0.798. The highest BCUT2D eigenvalue weighted by Gasteiger charge is 2.55. The molecule has 3 heterocycles. The maximum atomic E-state index is 14.1. The molecule has 3 atom stereocenters. The Hall–Kier alpha value is -3.86. The average molecular weight is 553 g/mol. The van der Waals surface area contributed by atoms with E-state index in [0.717, 1.165) is 17.2 Å². The topological polar surface area (TPSA) is 117 Å². The van der Waals surface area contributed by atoms with E-state index in [1.54, 1.807) is 12.1 Å². The molecule has 3 fully saturated rings. The molecule has 0 radical (unpaired) electrons. The van der Waals surface area contributed by atoms with Crippen LogP contribution in [0.15, 0.2) is 36.4 Å². The molecule has 2 spiro atoms. The summed E-state index contributed by atoms with van der Waals surface area (Å²) in [6, 6.07) is 7.34. The van der Waals surface area contributed by atoms with Crippen molar-refractivity contribution in [2.45, 2.75) is 56.5 Å². The molecule has 11 heteroatoms. The zero-order chi connectivity index (χ0) is 28.2. The number of nitrogens with zero attached hydrogens (tertiary/aromatic N) is 1. The van der Waals surface area contributed by atoms with Crippen molar-refractivity contribution in [3.05, 3.63) is 64.7 Å². The summed E-state index contributed by atoms with van der Waals surface area (Å²) in [7, 11) is 0. The minimum Gasteiger partial charge on any atom is -0.381 e. The van der Waals surface area contributed by atoms with Crippen LogP contribution in [0.2, 0.25) is 0 Å². The second kappa shape index (κ2) is 9.65. The van der Waals surface area contributed by atoms with Gasteiger partial charge in [0, 0.05) is 37.3 Å². The van der Waals surface area contributed by atoms with E-state index in [1.807, 2.05) is 13.0 Å². The number of fused-ring (bicyclic) bond motifs is 1. The highest BCUT2D eigenvalue weighted by molar-refractivity contribution is 6.08. The molecule has 5 amide bonds. The maximum Gasteiger partial charge on any atom is 0.322 e. The summed E-state index contributed by atoms with van der Waals surface area (Å²) >= 11 is 0. The van der Waals surface area contributed by atoms with Crippen molar-refractivity contribution in [1.82, 2.24) is 15.5 Å². The first-order valence-corrected chi connectivity index (χ1v) is 13.5. The molecule has 0 bridgehead atoms. The Morgan fingerprint density at radius 2 is 1.80 bits per heavy atom. The van der Waals surface area contributed by atoms with E-state index in [0.29, 0.717) is 50.1 Å². The van der Waals surface area contributed by atoms with E-state index in [2.05, 4.69) is 16.0 Å². The van der Waals surface area contributed by atoms with Crippen LogP contribution in [0, 0.1) is 17.0 Å². The van der Waals surface area contributed by atoms with Crippen molar-refractivity contribution < 1.29 is 32.7 Å². The normalized spacial score (nSPS) is 27.1. The number of ether oxygens (including phenoxy) is 1. The number of nitrogens with one attached hydrogen (secondary N) is 3. The number of benzene rings is 2. The third-order valence-corrected chi connectivity index (χ3v) is 9.09. The minimum atomic E-state index is -1.06. The van der Waals surface area contributed by atoms with Crippen LogP contribution in [0.4, 0.5) is 19.3 Å². The monoisotopic (exact) mass is 552 g/mol. The van der Waals surface area contributed by atoms with Crippen LogP contribution in [-0.2, 0) is 25.5 Å². The number of likely N-dealkylation sites (tertiary alicyclic amines) is 1. The van der Waals surface area contributed by atoms with Gasteiger partial charge in [-0.05, 0) is 66.6 Å². The van der Waals surface area contributed by atoms with Crippen LogP contribution in [0.5, 0.6) is 0 Å². The lowest BCUT2D eigenvalue weighted by Gasteiger charge is -2.47. The Labute approximate surface area is 229 Å². The number of amides is 5. The molecule has 9 nitrogen and oxygen atoms in total. The van der Waals surface area contributed by atoms with Crippen molar-refractivity contribution in [3.63, 3.8) is 0 Å². The first kappa shape index (κ1) is 26.4. The van der Waals surface area contributed by atoms with Crippen molar-refractivity contribution in [2.75, 3.05) is 25.1 Å². The van der Waals surface area contributed by atoms with Gasteiger partial charge < -0.3 is 20.3 Å². The fourth-order valence-electron chi connectivity index (χ4n) is 6.91. The number of imide groups is 1. The second-order valence-electron chi connectivity index (χ2n) is 11.3. The summed E-state index contributed by atoms with van der Waals surface area (Å²) in [6.07, 6.45) is 2.36. The molecule has 4 aliphatic rings. The Balaban J connectivity index is 1.23. The Morgan fingerprint density at radius 3 is 2.48 bits per heavy atom. The van der Waals surface area contributed by atoms with Crippen LogP contribution in [0.25, 0.3) is 0 Å². The van der Waals surface area contributed by atoms with Gasteiger partial charge in [0.15, 0.2) is 0 Å². The molecule has 0 aromatic heterocycles. The van der Waals surface area contributed by atoms with Gasteiger partial charge in [0.2, 0.25) is 11.8 Å². The van der Waals surface area contributed by atoms with E-state index in [1.165, 1.54) is 17.0 Å². The Bertz CT molecular complexity index is 1400. The first-order chi connectivity index (χ1) is 19.1. The van der Waals surface area contributed by atoms with Gasteiger partial charge in [-0.25, -0.2) is 13.6 Å². The highest BCUT2D eigenvalue weighted by Crippen LogP contribution is 2.47. The first-order valence-electron chi connectivity index (χ1n) is 13.5. The van der Waals surface area contributed by atoms with E-state index >= 15 is 0 Å². The molecule has 3 aliphatic heterocycles. The van der Waals surface area contributed by atoms with Gasteiger partial charge in [0.1, 0.15) is 23.7 Å². The van der Waals surface area contributed by atoms with Gasteiger partial charge in [-0.1, -0.05) is 13.0 Å². The molecular weight excluding hydrogens is 522 g/mol. The second-order valence-corrected chi connectivity index (χ2v) is 11.3. The molecule has 2 aromatic carbocycles. The van der Waals surface area contributed by atoms with Gasteiger partial charge in [0.05, 0.1) is 11.5 Å². The van der Waals surface area contributed by atoms with Gasteiger partial charge >= 0.3 is 6.03 Å². The third-order valence-electron chi connectivity index (χ3n) is 9.09. The SMILES string of the molecule is CC1c2ccc(NC(=O)CN3C(=O)C4(CCOCC4)CC[C@H]3c3cc(F)cc(F)c3)cc2CC12NC(=O)NC2=O. The summed E-state index contributed by atoms with van der Waals surface area (Å²) < 4.78 is 33.7. The van der Waals surface area contributed by atoms with Crippen LogP contribution in [0.3, 0.4) is 0 Å². The number of rotatable bonds is 4. The van der Waals surface area contributed by atoms with E-state index in [9.17, 15) is 28.0 Å². The molecule has 6 rings (SSSR count). The lowest BCUT2D eigenvalue weighted by molar-refractivity contribution is -0.159. The molecule has 3 saturated heterocycles. The summed E-state index contributed by atoms with van der Waals surface area (Å²) in [4.78, 5) is 53.0. The van der Waals surface area contributed by atoms with Crippen molar-refractivity contribution >= 4 is 29.4 Å². The van der Waals surface area contributed by atoms with E-state index in [4.69, 9.17) is 4.74 Å². The van der Waals surface area contributed by atoms with Crippen molar-refractivity contribution in [3.8, 4) is 0 Å². The lowest BCUT2D eigenvalue weighted by atomic mass is 9.70. The number of carbonyl (C=O) groups excluding carboxylic acids is 4. The fourth-order valence-corrected chi connectivity index (χ4v) is 6.91. The zero-order valence-corrected chi connectivity index (χ0v) is 22.0. The Kier molecular flexibility index (Phi) is 6.36. The standard InChI is InChI=1S/C29H30F2N4O5/c1-16-22-3-2-21(12-18(22)14-29(16)25(37)33-27(39)34-29)32-24(36)15-35-23(17-10-19(30)13-20(31)11-17)4-5-28(26(35)38)6-8-40-9-7-28/h2-3,10-13,16,23H,4-9,14-15H2,1H3,(H,32,36)(H2,33,34,37,39)/t16?,23-,29?/m0/s1. The zero-order valence-electron chi connectivity index (χ0n) is 22.0. The number of carbonyl (C=O) groups is 4. The summed E-state index contributed by atoms with van der Waals surface area (Å²) in [6.45, 7) is 2.47. The largest absolute Gasteiger partial charge is 0.381 e. The molecule has 2 unspecified atom stereocenters. The van der Waals surface area contributed by atoms with Crippen molar-refractivity contribution in [1.29, 1.82) is 0 Å². The van der Waals surface area contributed by atoms with Crippen LogP contribution >= 0.6 is 0 Å². The molecular formula is C29H30F2N4O5. The van der Waals surface area contributed by atoms with Crippen LogP contribution in [0.1, 0.15) is 61.3 Å². The van der Waals surface area contributed by atoms with Crippen molar-refractivity contribution in [2.24, 2.45) is 5.41 Å². The number of halogens is 2. The molecule has 1 aliphatic carbocycles. The molecule has 40 heavy (non-hydrogen) atoms. The molecule has 210 valence electrons. The number of hydrogen-bond donors (Lipinski definition) is 3. The maximum absolute atomic E-state index is 14.1. The van der Waals surface area contributed by atoms with E-state index in [-0.39, 0.29) is 30.7 Å². The number of urea groups is 1. The Morgan fingerprint density at radius 1 is 1.07 bits per heavy atom. The predicted molar refractivity (Wildman–Crippen MR) is 139 cm³/mol. The van der Waals surface area contributed by atoms with Gasteiger partial charge in [0.25, 0.3) is 5.91 Å². The predicted octanol–water partition coefficient (Wildman–Crippen LogP) is 3.30. The van der Waals surface area contributed by atoms with Gasteiger partial charge in [-0.15, -0.1) is 0 Å². The average Bonchev–Trinajstić information content (AvgIpc) is 3.35. The lowest BCUT2D eigenvalue weighted by Crippen LogP contribution is -2.54. The number of hydrogen-bond acceptors (Lipinski definition) is 5. The minimum absolute atomic E-state index is 0.209. The van der Waals surface area contributed by atoms with Crippen LogP contribution in [-0.4, -0.2) is 54.0 Å². The van der Waals surface area contributed by atoms with E-state index < -0.39 is 40.6 Å². The van der Waals surface area contributed by atoms with Gasteiger partial charge in [-0.3, -0.25) is 19.7 Å². The smallest absolute Gasteiger partial charge is 0.322 e. The summed E-state index contributed by atoms with van der Waals surface area (Å²) in [5, 5.41) is 7.91. The number of anilines is 1. The molecule has 2 aromatic rings. The highest BCUT2D eigenvalue weighted by atomic mass is 19.1. The van der Waals surface area contributed by atoms with Gasteiger partial charge in [-0.2, -0.15) is 0 Å². The quantitative estimate of drug-likeness (QED) is 0.504. The molecule has 0 saturated carbocycles. The van der Waals surface area contributed by atoms with Crippen LogP contribution < -0.4 is 16.0 Å². The number of piperidine rings is 1. The molecule has 3 N–H and O–H groups in total. The fraction of sp³-hybridized carbons (Fsp3) is 0.448.